The third-order valence-corrected chi connectivity index (χ3v) is 5.42. The molecule has 4 aromatic rings. The van der Waals surface area contributed by atoms with Gasteiger partial charge in [-0.05, 0) is 44.0 Å². The number of fused-ring (bicyclic) bond motifs is 1. The topological polar surface area (TPSA) is 92.6 Å². The second-order valence-electron chi connectivity index (χ2n) is 7.63. The maximum Gasteiger partial charge on any atom is 0.275 e. The van der Waals surface area contributed by atoms with Crippen LogP contribution in [0.4, 0.5) is 0 Å². The van der Waals surface area contributed by atoms with Crippen LogP contribution in [0.15, 0.2) is 54.9 Å². The van der Waals surface area contributed by atoms with Crippen LogP contribution in [0.3, 0.4) is 0 Å². The molecule has 3 aromatic heterocycles. The Kier molecular flexibility index (Phi) is 4.20. The Balaban J connectivity index is 1.57. The monoisotopic (exact) mass is 399 g/mol. The van der Waals surface area contributed by atoms with Crippen LogP contribution in [0.25, 0.3) is 16.7 Å². The number of hydrogen-bond acceptors (Lipinski definition) is 5. The first kappa shape index (κ1) is 18.2. The number of H-pyrrole nitrogens is 1. The molecule has 1 amide bonds. The molecule has 0 bridgehead atoms. The highest BCUT2D eigenvalue weighted by Crippen LogP contribution is 2.35. The maximum atomic E-state index is 13.6. The number of para-hydroxylation sites is 1. The zero-order valence-corrected chi connectivity index (χ0v) is 16.8. The van der Waals surface area contributed by atoms with Gasteiger partial charge in [0.1, 0.15) is 11.5 Å². The summed E-state index contributed by atoms with van der Waals surface area (Å²) in [6.45, 7) is 8.49. The number of carbonyl (C=O) groups excluding carboxylic acids is 1. The van der Waals surface area contributed by atoms with Crippen molar-refractivity contribution in [2.75, 3.05) is 6.54 Å². The van der Waals surface area contributed by atoms with Crippen LogP contribution in [0.5, 0.6) is 0 Å². The molecule has 0 radical (unpaired) electrons. The van der Waals surface area contributed by atoms with Gasteiger partial charge in [0.2, 0.25) is 0 Å². The Morgan fingerprint density at radius 2 is 1.93 bits per heavy atom. The summed E-state index contributed by atoms with van der Waals surface area (Å²) in [5, 5.41) is 8.35. The Bertz CT molecular complexity index is 1270. The quantitative estimate of drug-likeness (QED) is 0.534. The van der Waals surface area contributed by atoms with Crippen LogP contribution in [0.1, 0.15) is 40.0 Å². The third-order valence-electron chi connectivity index (χ3n) is 5.42. The first-order valence-electron chi connectivity index (χ1n) is 9.78. The van der Waals surface area contributed by atoms with Crippen molar-refractivity contribution in [1.29, 1.82) is 0 Å². The number of carbonyl (C=O) groups is 1. The van der Waals surface area contributed by atoms with Gasteiger partial charge >= 0.3 is 0 Å². The van der Waals surface area contributed by atoms with Crippen molar-refractivity contribution in [2.45, 2.75) is 26.3 Å². The van der Waals surface area contributed by atoms with Crippen LogP contribution in [-0.2, 0) is 0 Å². The van der Waals surface area contributed by atoms with Crippen molar-refractivity contribution in [1.82, 2.24) is 34.8 Å². The molecule has 1 fully saturated rings. The summed E-state index contributed by atoms with van der Waals surface area (Å²) in [5.74, 6) is 0.574. The molecule has 1 aromatic carbocycles. The van der Waals surface area contributed by atoms with Gasteiger partial charge in [0.25, 0.3) is 5.91 Å². The summed E-state index contributed by atoms with van der Waals surface area (Å²) in [6, 6.07) is 9.44. The second kappa shape index (κ2) is 6.91. The molecule has 0 aliphatic carbocycles. The number of aryl methyl sites for hydroxylation is 2. The lowest BCUT2D eigenvalue weighted by Gasteiger charge is -2.23. The number of hydrogen-bond donors (Lipinski definition) is 1. The van der Waals surface area contributed by atoms with E-state index >= 15 is 0 Å². The number of rotatable bonds is 3. The van der Waals surface area contributed by atoms with Crippen LogP contribution >= 0.6 is 0 Å². The minimum Gasteiger partial charge on any atom is -0.340 e. The molecule has 0 unspecified atom stereocenters. The Morgan fingerprint density at radius 1 is 1.13 bits per heavy atom. The highest BCUT2D eigenvalue weighted by molar-refractivity contribution is 5.96. The standard InChI is InChI=1S/C22H21N7O/c1-13-11-18(21-26-16-6-4-5-14(2)19(16)27-21)28(12-13)22(30)20-17(8-7-15(3)25-20)29-23-9-10-24-29/h4-10,18H,1,11-12H2,2-3H3,(H,26,27)/t18-/m0/s1. The van der Waals surface area contributed by atoms with Crippen LogP contribution in [0.2, 0.25) is 0 Å². The van der Waals surface area contributed by atoms with Gasteiger partial charge in [0.15, 0.2) is 5.69 Å². The predicted octanol–water partition coefficient (Wildman–Crippen LogP) is 3.30. The average molecular weight is 399 g/mol. The molecule has 1 aliphatic heterocycles. The van der Waals surface area contributed by atoms with Crippen LogP contribution in [-0.4, -0.2) is 47.3 Å². The van der Waals surface area contributed by atoms with Gasteiger partial charge in [0.05, 0.1) is 29.5 Å². The molecule has 8 heteroatoms. The lowest BCUT2D eigenvalue weighted by atomic mass is 10.1. The summed E-state index contributed by atoms with van der Waals surface area (Å²) in [7, 11) is 0. The third kappa shape index (κ3) is 2.97. The van der Waals surface area contributed by atoms with Crippen molar-refractivity contribution < 1.29 is 4.79 Å². The SMILES string of the molecule is C=C1C[C@@H](c2nc3cccc(C)c3[nH]2)N(C(=O)c2nc(C)ccc2-n2nccn2)C1. The number of likely N-dealkylation sites (tertiary alicyclic amines) is 1. The number of nitrogens with zero attached hydrogens (tertiary/aromatic N) is 6. The van der Waals surface area contributed by atoms with Gasteiger partial charge in [-0.25, -0.2) is 9.97 Å². The predicted molar refractivity (Wildman–Crippen MR) is 112 cm³/mol. The summed E-state index contributed by atoms with van der Waals surface area (Å²) in [4.78, 5) is 29.6. The number of amides is 1. The summed E-state index contributed by atoms with van der Waals surface area (Å²) < 4.78 is 0. The molecule has 1 aliphatic rings. The number of aromatic amines is 1. The van der Waals surface area contributed by atoms with Crippen LogP contribution < -0.4 is 0 Å². The zero-order chi connectivity index (χ0) is 20.8. The number of pyridine rings is 1. The van der Waals surface area contributed by atoms with E-state index in [9.17, 15) is 4.79 Å². The average Bonchev–Trinajstić information content (AvgIpc) is 3.47. The van der Waals surface area contributed by atoms with Crippen molar-refractivity contribution >= 4 is 16.9 Å². The minimum absolute atomic E-state index is 0.188. The normalized spacial score (nSPS) is 16.5. The lowest BCUT2D eigenvalue weighted by Crippen LogP contribution is -2.33. The van der Waals surface area contributed by atoms with E-state index in [1.54, 1.807) is 17.3 Å². The molecule has 30 heavy (non-hydrogen) atoms. The smallest absolute Gasteiger partial charge is 0.275 e. The van der Waals surface area contributed by atoms with E-state index in [-0.39, 0.29) is 11.9 Å². The molecule has 0 saturated carbocycles. The highest BCUT2D eigenvalue weighted by Gasteiger charge is 2.36. The fraction of sp³-hybridized carbons (Fsp3) is 0.227. The van der Waals surface area contributed by atoms with Crippen LogP contribution in [0, 0.1) is 13.8 Å². The molecule has 0 spiro atoms. The number of nitrogens with one attached hydrogen (secondary N) is 1. The van der Waals surface area contributed by atoms with E-state index in [0.29, 0.717) is 24.3 Å². The highest BCUT2D eigenvalue weighted by atomic mass is 16.2. The van der Waals surface area contributed by atoms with Gasteiger partial charge in [-0.1, -0.05) is 24.3 Å². The van der Waals surface area contributed by atoms with Crippen molar-refractivity contribution in [2.24, 2.45) is 0 Å². The molecule has 1 N–H and O–H groups in total. The van der Waals surface area contributed by atoms with Crippen molar-refractivity contribution in [3.63, 3.8) is 0 Å². The fourth-order valence-electron chi connectivity index (χ4n) is 3.95. The van der Waals surface area contributed by atoms with E-state index in [1.807, 2.05) is 44.2 Å². The molecule has 1 atom stereocenters. The van der Waals surface area contributed by atoms with Crippen molar-refractivity contribution in [3.05, 3.63) is 77.7 Å². The van der Waals surface area contributed by atoms with E-state index in [0.717, 1.165) is 33.7 Å². The molecule has 150 valence electrons. The number of imidazole rings is 1. The largest absolute Gasteiger partial charge is 0.340 e. The Labute approximate surface area is 173 Å². The van der Waals surface area contributed by atoms with Gasteiger partial charge in [-0.3, -0.25) is 4.79 Å². The summed E-state index contributed by atoms with van der Waals surface area (Å²) in [5.41, 5.74) is 5.61. The Morgan fingerprint density at radius 3 is 2.70 bits per heavy atom. The molecule has 5 rings (SSSR count). The number of benzene rings is 1. The van der Waals surface area contributed by atoms with Gasteiger partial charge < -0.3 is 9.88 Å². The van der Waals surface area contributed by atoms with E-state index in [1.165, 1.54) is 4.80 Å². The number of aromatic nitrogens is 6. The van der Waals surface area contributed by atoms with E-state index < -0.39 is 0 Å². The summed E-state index contributed by atoms with van der Waals surface area (Å²) in [6.07, 6.45) is 3.81. The first-order chi connectivity index (χ1) is 14.5. The maximum absolute atomic E-state index is 13.6. The van der Waals surface area contributed by atoms with E-state index in [2.05, 4.69) is 26.7 Å². The molecular weight excluding hydrogens is 378 g/mol. The van der Waals surface area contributed by atoms with Gasteiger partial charge in [-0.15, -0.1) is 4.80 Å². The molecule has 4 heterocycles. The van der Waals surface area contributed by atoms with Crippen molar-refractivity contribution in [3.8, 4) is 5.69 Å². The molecular formula is C22H21N7O. The fourth-order valence-corrected chi connectivity index (χ4v) is 3.95. The van der Waals surface area contributed by atoms with E-state index in [4.69, 9.17) is 4.98 Å². The Hall–Kier alpha value is -3.81. The minimum atomic E-state index is -0.224. The van der Waals surface area contributed by atoms with Gasteiger partial charge in [0, 0.05) is 12.2 Å². The summed E-state index contributed by atoms with van der Waals surface area (Å²) >= 11 is 0. The molecule has 8 nitrogen and oxygen atoms in total. The first-order valence-corrected chi connectivity index (χ1v) is 9.78. The molecule has 1 saturated heterocycles. The second-order valence-corrected chi connectivity index (χ2v) is 7.63. The zero-order valence-electron chi connectivity index (χ0n) is 16.8. The van der Waals surface area contributed by atoms with Gasteiger partial charge in [-0.2, -0.15) is 10.2 Å². The lowest BCUT2D eigenvalue weighted by molar-refractivity contribution is 0.0726.